The van der Waals surface area contributed by atoms with Crippen molar-refractivity contribution < 1.29 is 0 Å². The number of halogens is 1. The molecule has 0 aliphatic heterocycles. The molecular weight excluding hydrogens is 321 g/mol. The normalized spacial score (nSPS) is 11.3. The molecule has 3 rings (SSSR count). The quantitative estimate of drug-likeness (QED) is 0.631. The smallest absolute Gasteiger partial charge is 0.190 e. The Morgan fingerprint density at radius 1 is 1.20 bits per heavy atom. The Labute approximate surface area is 103 Å². The van der Waals surface area contributed by atoms with E-state index in [1.807, 2.05) is 12.1 Å². The molecule has 0 bridgehead atoms. The van der Waals surface area contributed by atoms with E-state index in [4.69, 9.17) is 0 Å². The zero-order chi connectivity index (χ0) is 10.4. The lowest BCUT2D eigenvalue weighted by Gasteiger charge is -1.93. The summed E-state index contributed by atoms with van der Waals surface area (Å²) in [6.07, 6.45) is 1.70. The van der Waals surface area contributed by atoms with Crippen molar-refractivity contribution in [3.05, 3.63) is 44.3 Å². The summed E-state index contributed by atoms with van der Waals surface area (Å²) in [5.74, 6) is 0. The molecule has 0 fully saturated rings. The van der Waals surface area contributed by atoms with Crippen molar-refractivity contribution in [3.63, 3.8) is 0 Å². The van der Waals surface area contributed by atoms with Crippen molar-refractivity contribution in [2.24, 2.45) is 0 Å². The summed E-state index contributed by atoms with van der Waals surface area (Å²) in [5, 5.41) is 1.91. The number of hydrogen-bond donors (Lipinski definition) is 1. The number of aromatic nitrogens is 1. The maximum atomic E-state index is 11.8. The summed E-state index contributed by atoms with van der Waals surface area (Å²) in [7, 11) is 0. The van der Waals surface area contributed by atoms with Crippen LogP contribution in [0.15, 0.2) is 35.3 Å². The standard InChI is InChI=1S/C11H6INOS/c12-6-2-1-3-8-9(6)10-7(14)4-5-13-11(10)15-8/h1-5H,(H,13,14). The molecule has 3 aromatic rings. The first kappa shape index (κ1) is 9.35. The van der Waals surface area contributed by atoms with Gasteiger partial charge in [0.1, 0.15) is 4.83 Å². The number of rotatable bonds is 0. The zero-order valence-corrected chi connectivity index (χ0v) is 10.6. The Morgan fingerprint density at radius 2 is 2.07 bits per heavy atom. The highest BCUT2D eigenvalue weighted by molar-refractivity contribution is 14.1. The molecule has 0 spiro atoms. The summed E-state index contributed by atoms with van der Waals surface area (Å²) < 4.78 is 2.30. The van der Waals surface area contributed by atoms with E-state index in [0.29, 0.717) is 0 Å². The number of aromatic amines is 1. The van der Waals surface area contributed by atoms with Gasteiger partial charge < -0.3 is 4.98 Å². The van der Waals surface area contributed by atoms with E-state index < -0.39 is 0 Å². The first-order valence-corrected chi connectivity index (χ1v) is 6.35. The summed E-state index contributed by atoms with van der Waals surface area (Å²) in [4.78, 5) is 15.9. The molecule has 0 unspecified atom stereocenters. The van der Waals surface area contributed by atoms with Crippen LogP contribution >= 0.6 is 33.9 Å². The Kier molecular flexibility index (Phi) is 2.07. The summed E-state index contributed by atoms with van der Waals surface area (Å²) in [6.45, 7) is 0. The van der Waals surface area contributed by atoms with Crippen LogP contribution in [-0.4, -0.2) is 4.98 Å². The molecule has 0 aliphatic carbocycles. The highest BCUT2D eigenvalue weighted by Crippen LogP contribution is 2.33. The first-order valence-electron chi connectivity index (χ1n) is 4.46. The SMILES string of the molecule is O=c1cc[nH]c2sc3cccc(I)c3c12. The Bertz CT molecular complexity index is 713. The van der Waals surface area contributed by atoms with Crippen LogP contribution < -0.4 is 5.43 Å². The predicted octanol–water partition coefficient (Wildman–Crippen LogP) is 3.35. The monoisotopic (exact) mass is 327 g/mol. The zero-order valence-electron chi connectivity index (χ0n) is 7.58. The van der Waals surface area contributed by atoms with Crippen LogP contribution in [0, 0.1) is 3.57 Å². The third kappa shape index (κ3) is 1.32. The molecular formula is C11H6INOS. The van der Waals surface area contributed by atoms with Gasteiger partial charge in [-0.1, -0.05) is 6.07 Å². The van der Waals surface area contributed by atoms with Gasteiger partial charge in [0.2, 0.25) is 0 Å². The van der Waals surface area contributed by atoms with Gasteiger partial charge in [-0.25, -0.2) is 0 Å². The van der Waals surface area contributed by atoms with Crippen molar-refractivity contribution in [2.45, 2.75) is 0 Å². The second-order valence-electron chi connectivity index (χ2n) is 3.26. The molecule has 2 nitrogen and oxygen atoms in total. The van der Waals surface area contributed by atoms with Crippen molar-refractivity contribution in [1.29, 1.82) is 0 Å². The molecule has 0 amide bonds. The first-order chi connectivity index (χ1) is 7.27. The maximum Gasteiger partial charge on any atom is 0.190 e. The van der Waals surface area contributed by atoms with Crippen LogP contribution in [0.1, 0.15) is 0 Å². The van der Waals surface area contributed by atoms with Gasteiger partial charge in [0.15, 0.2) is 5.43 Å². The summed E-state index contributed by atoms with van der Waals surface area (Å²) in [5.41, 5.74) is 0.0964. The number of benzene rings is 1. The van der Waals surface area contributed by atoms with Crippen LogP contribution in [-0.2, 0) is 0 Å². The number of hydrogen-bond acceptors (Lipinski definition) is 2. The van der Waals surface area contributed by atoms with Crippen LogP contribution in [0.3, 0.4) is 0 Å². The molecule has 15 heavy (non-hydrogen) atoms. The Hall–Kier alpha value is -0.880. The fraction of sp³-hybridized carbons (Fsp3) is 0. The van der Waals surface area contributed by atoms with Gasteiger partial charge in [0.05, 0.1) is 5.39 Å². The average molecular weight is 327 g/mol. The van der Waals surface area contributed by atoms with Gasteiger partial charge >= 0.3 is 0 Å². The second-order valence-corrected chi connectivity index (χ2v) is 5.48. The second kappa shape index (κ2) is 3.31. The van der Waals surface area contributed by atoms with Gasteiger partial charge in [-0.2, -0.15) is 0 Å². The minimum atomic E-state index is 0.0964. The van der Waals surface area contributed by atoms with E-state index in [9.17, 15) is 4.79 Å². The molecule has 74 valence electrons. The predicted molar refractivity (Wildman–Crippen MR) is 72.7 cm³/mol. The number of pyridine rings is 1. The van der Waals surface area contributed by atoms with Gasteiger partial charge in [0, 0.05) is 25.9 Å². The fourth-order valence-electron chi connectivity index (χ4n) is 1.72. The van der Waals surface area contributed by atoms with Gasteiger partial charge in [-0.15, -0.1) is 11.3 Å². The molecule has 1 aromatic carbocycles. The van der Waals surface area contributed by atoms with E-state index in [-0.39, 0.29) is 5.43 Å². The third-order valence-corrected chi connectivity index (χ3v) is 4.35. The number of nitrogens with one attached hydrogen (secondary N) is 1. The molecule has 1 N–H and O–H groups in total. The molecule has 0 saturated heterocycles. The molecule has 4 heteroatoms. The Balaban J connectivity index is 2.74. The number of fused-ring (bicyclic) bond motifs is 3. The third-order valence-electron chi connectivity index (χ3n) is 2.36. The van der Waals surface area contributed by atoms with Crippen LogP contribution in [0.25, 0.3) is 20.3 Å². The summed E-state index contributed by atoms with van der Waals surface area (Å²) in [6, 6.07) is 7.68. The van der Waals surface area contributed by atoms with Gasteiger partial charge in [-0.3, -0.25) is 4.79 Å². The molecule has 0 atom stereocenters. The van der Waals surface area contributed by atoms with Crippen molar-refractivity contribution in [2.75, 3.05) is 0 Å². The van der Waals surface area contributed by atoms with Gasteiger partial charge in [-0.05, 0) is 34.7 Å². The van der Waals surface area contributed by atoms with Crippen LogP contribution in [0.2, 0.25) is 0 Å². The summed E-state index contributed by atoms with van der Waals surface area (Å²) >= 11 is 3.90. The van der Waals surface area contributed by atoms with Crippen molar-refractivity contribution in [1.82, 2.24) is 4.98 Å². The lowest BCUT2D eigenvalue weighted by molar-refractivity contribution is 1.42. The van der Waals surface area contributed by atoms with E-state index in [1.54, 1.807) is 23.6 Å². The minimum Gasteiger partial charge on any atom is -0.353 e. The largest absolute Gasteiger partial charge is 0.353 e. The molecule has 0 radical (unpaired) electrons. The molecule has 0 aliphatic rings. The number of H-pyrrole nitrogens is 1. The van der Waals surface area contributed by atoms with Gasteiger partial charge in [0.25, 0.3) is 0 Å². The lowest BCUT2D eigenvalue weighted by Crippen LogP contribution is -1.97. The maximum absolute atomic E-state index is 11.8. The molecule has 0 saturated carbocycles. The van der Waals surface area contributed by atoms with Crippen LogP contribution in [0.5, 0.6) is 0 Å². The minimum absolute atomic E-state index is 0.0964. The van der Waals surface area contributed by atoms with E-state index >= 15 is 0 Å². The number of thiophene rings is 1. The molecule has 2 heterocycles. The lowest BCUT2D eigenvalue weighted by atomic mass is 10.2. The molecule has 2 aromatic heterocycles. The highest BCUT2D eigenvalue weighted by atomic mass is 127. The highest BCUT2D eigenvalue weighted by Gasteiger charge is 2.09. The topological polar surface area (TPSA) is 32.9 Å². The van der Waals surface area contributed by atoms with Crippen LogP contribution in [0.4, 0.5) is 0 Å². The van der Waals surface area contributed by atoms with E-state index in [1.165, 1.54) is 0 Å². The van der Waals surface area contributed by atoms with Crippen molar-refractivity contribution >= 4 is 54.2 Å². The van der Waals surface area contributed by atoms with E-state index in [0.717, 1.165) is 23.9 Å². The van der Waals surface area contributed by atoms with E-state index in [2.05, 4.69) is 33.6 Å². The fourth-order valence-corrected chi connectivity index (χ4v) is 3.78. The average Bonchev–Trinajstić information content (AvgIpc) is 2.58. The van der Waals surface area contributed by atoms with Crippen molar-refractivity contribution in [3.8, 4) is 0 Å². The Morgan fingerprint density at radius 3 is 2.93 bits per heavy atom.